The summed E-state index contributed by atoms with van der Waals surface area (Å²) < 4.78 is 27.6. The largest absolute Gasteiger partial charge is 0.496 e. The first-order chi connectivity index (χ1) is 8.74. The van der Waals surface area contributed by atoms with Crippen molar-refractivity contribution in [2.24, 2.45) is 0 Å². The molecule has 0 atom stereocenters. The quantitative estimate of drug-likeness (QED) is 0.840. The summed E-state index contributed by atoms with van der Waals surface area (Å²) in [6.45, 7) is 3.68. The first-order valence-electron chi connectivity index (χ1n) is 5.65. The molecule has 0 radical (unpaired) electrons. The predicted molar refractivity (Wildman–Crippen MR) is 73.0 cm³/mol. The Morgan fingerprint density at radius 1 is 1.42 bits per heavy atom. The van der Waals surface area contributed by atoms with Gasteiger partial charge in [0.05, 0.1) is 18.4 Å². The van der Waals surface area contributed by atoms with E-state index in [9.17, 15) is 13.2 Å². The minimum Gasteiger partial charge on any atom is -0.496 e. The Bertz CT molecular complexity index is 569. The van der Waals surface area contributed by atoms with Crippen LogP contribution in [0.1, 0.15) is 19.4 Å². The molecule has 0 saturated heterocycles. The molecule has 5 nitrogen and oxygen atoms in total. The number of hydrogen-bond donors (Lipinski definition) is 1. The predicted octanol–water partition coefficient (Wildman–Crippen LogP) is 1.69. The van der Waals surface area contributed by atoms with Gasteiger partial charge in [-0.05, 0) is 32.0 Å². The van der Waals surface area contributed by atoms with Crippen molar-refractivity contribution < 1.29 is 17.9 Å². The fourth-order valence-corrected chi connectivity index (χ4v) is 2.39. The van der Waals surface area contributed by atoms with Crippen LogP contribution >= 0.6 is 10.7 Å². The molecule has 0 aromatic heterocycles. The van der Waals surface area contributed by atoms with Gasteiger partial charge in [-0.3, -0.25) is 4.79 Å². The van der Waals surface area contributed by atoms with Crippen LogP contribution in [-0.4, -0.2) is 27.5 Å². The van der Waals surface area contributed by atoms with Crippen molar-refractivity contribution in [3.8, 4) is 5.75 Å². The molecule has 1 N–H and O–H groups in total. The van der Waals surface area contributed by atoms with Gasteiger partial charge in [-0.15, -0.1) is 0 Å². The summed E-state index contributed by atoms with van der Waals surface area (Å²) in [6, 6.07) is 4.18. The minimum atomic E-state index is -3.82. The smallest absolute Gasteiger partial charge is 0.261 e. The van der Waals surface area contributed by atoms with Crippen LogP contribution in [0, 0.1) is 0 Å². The summed E-state index contributed by atoms with van der Waals surface area (Å²) in [5.41, 5.74) is 0.474. The maximum Gasteiger partial charge on any atom is 0.261 e. The number of carbonyl (C=O) groups excluding carboxylic acids is 1. The molecule has 1 rings (SSSR count). The maximum absolute atomic E-state index is 11.7. The SMILES string of the molecule is COc1ccc(S(=O)(=O)Cl)cc1CC(=O)NC(C)C. The number of hydrogen-bond acceptors (Lipinski definition) is 4. The molecule has 0 saturated carbocycles. The lowest BCUT2D eigenvalue weighted by molar-refractivity contribution is -0.120. The maximum atomic E-state index is 11.7. The fourth-order valence-electron chi connectivity index (χ4n) is 1.59. The molecule has 0 aliphatic carbocycles. The number of rotatable bonds is 5. The molecule has 0 fully saturated rings. The van der Waals surface area contributed by atoms with Crippen LogP contribution in [0.5, 0.6) is 5.75 Å². The van der Waals surface area contributed by atoms with Gasteiger partial charge < -0.3 is 10.1 Å². The van der Waals surface area contributed by atoms with Crippen molar-refractivity contribution in [1.82, 2.24) is 5.32 Å². The standard InChI is InChI=1S/C12H16ClNO4S/c1-8(2)14-12(15)7-9-6-10(19(13,16)17)4-5-11(9)18-3/h4-6,8H,7H2,1-3H3,(H,14,15). The second-order valence-corrected chi connectivity index (χ2v) is 6.88. The van der Waals surface area contributed by atoms with Crippen LogP contribution in [-0.2, 0) is 20.3 Å². The molecule has 0 heterocycles. The Morgan fingerprint density at radius 2 is 2.05 bits per heavy atom. The summed E-state index contributed by atoms with van der Waals surface area (Å²) in [4.78, 5) is 11.6. The topological polar surface area (TPSA) is 72.5 Å². The summed E-state index contributed by atoms with van der Waals surface area (Å²) >= 11 is 0. The first-order valence-corrected chi connectivity index (χ1v) is 7.96. The average Bonchev–Trinajstić information content (AvgIpc) is 2.26. The van der Waals surface area contributed by atoms with Gasteiger partial charge in [0.1, 0.15) is 5.75 Å². The van der Waals surface area contributed by atoms with Crippen molar-refractivity contribution >= 4 is 25.6 Å². The van der Waals surface area contributed by atoms with Crippen molar-refractivity contribution in [2.45, 2.75) is 31.2 Å². The van der Waals surface area contributed by atoms with Crippen LogP contribution in [0.15, 0.2) is 23.1 Å². The zero-order valence-electron chi connectivity index (χ0n) is 10.9. The minimum absolute atomic E-state index is 0.0124. The molecule has 7 heteroatoms. The fraction of sp³-hybridized carbons (Fsp3) is 0.417. The number of carbonyl (C=O) groups is 1. The van der Waals surface area contributed by atoms with Gasteiger partial charge in [-0.1, -0.05) is 0 Å². The van der Waals surface area contributed by atoms with Crippen molar-refractivity contribution in [3.05, 3.63) is 23.8 Å². The Balaban J connectivity index is 3.07. The summed E-state index contributed by atoms with van der Waals surface area (Å²) in [5.74, 6) is 0.236. The van der Waals surface area contributed by atoms with Crippen LogP contribution in [0.4, 0.5) is 0 Å². The number of amides is 1. The molecular formula is C12H16ClNO4S. The molecule has 0 aliphatic heterocycles. The summed E-state index contributed by atoms with van der Waals surface area (Å²) in [6.07, 6.45) is 0.0294. The molecule has 0 aliphatic rings. The molecule has 1 aromatic carbocycles. The average molecular weight is 306 g/mol. The molecule has 0 spiro atoms. The molecule has 1 amide bonds. The number of halogens is 1. The normalized spacial score (nSPS) is 11.4. The lowest BCUT2D eigenvalue weighted by Crippen LogP contribution is -2.31. The molecule has 19 heavy (non-hydrogen) atoms. The second kappa shape index (κ2) is 6.25. The van der Waals surface area contributed by atoms with Gasteiger partial charge in [0.15, 0.2) is 0 Å². The lowest BCUT2D eigenvalue weighted by atomic mass is 10.1. The summed E-state index contributed by atoms with van der Waals surface area (Å²) in [5, 5.41) is 2.72. The Labute approximate surface area is 117 Å². The van der Waals surface area contributed by atoms with Gasteiger partial charge in [0, 0.05) is 22.3 Å². The molecule has 0 bridgehead atoms. The van der Waals surface area contributed by atoms with Gasteiger partial charge in [0.2, 0.25) is 5.91 Å². The van der Waals surface area contributed by atoms with Crippen LogP contribution < -0.4 is 10.1 Å². The van der Waals surface area contributed by atoms with Crippen LogP contribution in [0.3, 0.4) is 0 Å². The van der Waals surface area contributed by atoms with E-state index in [1.807, 2.05) is 13.8 Å². The highest BCUT2D eigenvalue weighted by Gasteiger charge is 2.15. The van der Waals surface area contributed by atoms with E-state index >= 15 is 0 Å². The van der Waals surface area contributed by atoms with Crippen molar-refractivity contribution in [3.63, 3.8) is 0 Å². The molecular weight excluding hydrogens is 290 g/mol. The highest BCUT2D eigenvalue weighted by atomic mass is 35.7. The third-order valence-electron chi connectivity index (χ3n) is 2.33. The second-order valence-electron chi connectivity index (χ2n) is 4.31. The highest BCUT2D eigenvalue weighted by Crippen LogP contribution is 2.24. The van der Waals surface area contributed by atoms with E-state index in [0.717, 1.165) is 0 Å². The highest BCUT2D eigenvalue weighted by molar-refractivity contribution is 8.13. The number of ether oxygens (including phenoxy) is 1. The van der Waals surface area contributed by atoms with Crippen molar-refractivity contribution in [1.29, 1.82) is 0 Å². The van der Waals surface area contributed by atoms with E-state index in [0.29, 0.717) is 11.3 Å². The molecule has 106 valence electrons. The van der Waals surface area contributed by atoms with E-state index in [1.165, 1.54) is 25.3 Å². The van der Waals surface area contributed by atoms with Gasteiger partial charge >= 0.3 is 0 Å². The van der Waals surface area contributed by atoms with E-state index in [-0.39, 0.29) is 23.3 Å². The van der Waals surface area contributed by atoms with E-state index in [2.05, 4.69) is 5.32 Å². The van der Waals surface area contributed by atoms with Crippen LogP contribution in [0.2, 0.25) is 0 Å². The Kier molecular flexibility index (Phi) is 5.20. The van der Waals surface area contributed by atoms with E-state index in [4.69, 9.17) is 15.4 Å². The van der Waals surface area contributed by atoms with Gasteiger partial charge in [-0.25, -0.2) is 8.42 Å². The summed E-state index contributed by atoms with van der Waals surface area (Å²) in [7, 11) is 2.91. The molecule has 0 unspecified atom stereocenters. The monoisotopic (exact) mass is 305 g/mol. The third kappa shape index (κ3) is 4.72. The number of methoxy groups -OCH3 is 1. The van der Waals surface area contributed by atoms with Crippen LogP contribution in [0.25, 0.3) is 0 Å². The van der Waals surface area contributed by atoms with Crippen molar-refractivity contribution in [2.75, 3.05) is 7.11 Å². The number of nitrogens with one attached hydrogen (secondary N) is 1. The Morgan fingerprint density at radius 3 is 2.53 bits per heavy atom. The zero-order chi connectivity index (χ0) is 14.6. The first kappa shape index (κ1) is 15.8. The third-order valence-corrected chi connectivity index (χ3v) is 3.69. The Hall–Kier alpha value is -1.27. The van der Waals surface area contributed by atoms with Gasteiger partial charge in [-0.2, -0.15) is 0 Å². The van der Waals surface area contributed by atoms with E-state index < -0.39 is 9.05 Å². The van der Waals surface area contributed by atoms with Gasteiger partial charge in [0.25, 0.3) is 9.05 Å². The zero-order valence-corrected chi connectivity index (χ0v) is 12.5. The molecule has 1 aromatic rings. The lowest BCUT2D eigenvalue weighted by Gasteiger charge is -2.11. The number of benzene rings is 1. The van der Waals surface area contributed by atoms with E-state index in [1.54, 1.807) is 0 Å².